The number of aliphatic hydroxyl groups is 1. The van der Waals surface area contributed by atoms with Crippen LogP contribution in [0.3, 0.4) is 0 Å². The molecule has 0 saturated carbocycles. The number of hydrogen-bond acceptors (Lipinski definition) is 8. The van der Waals surface area contributed by atoms with Crippen LogP contribution in [0.2, 0.25) is 0 Å². The molecule has 1 unspecified atom stereocenters. The molecule has 3 aromatic carbocycles. The number of benzene rings is 3. The number of rotatable bonds is 15. The molecule has 0 aliphatic carbocycles. The van der Waals surface area contributed by atoms with Gasteiger partial charge in [0, 0.05) is 25.9 Å². The maximum atomic E-state index is 14.4. The molecule has 2 aliphatic rings. The van der Waals surface area contributed by atoms with Crippen molar-refractivity contribution in [1.82, 2.24) is 25.8 Å². The van der Waals surface area contributed by atoms with Crippen LogP contribution in [0.1, 0.15) is 75.3 Å². The summed E-state index contributed by atoms with van der Waals surface area (Å²) in [7, 11) is 0. The van der Waals surface area contributed by atoms with Gasteiger partial charge in [-0.3, -0.25) is 24.0 Å². The number of carbonyl (C=O) groups is 6. The molecule has 6 atom stereocenters. The predicted octanol–water partition coefficient (Wildman–Crippen LogP) is 3.63. The summed E-state index contributed by atoms with van der Waals surface area (Å²) in [5, 5.41) is 18.9. The lowest BCUT2D eigenvalue weighted by Gasteiger charge is -2.31. The van der Waals surface area contributed by atoms with Gasteiger partial charge < -0.3 is 35.6 Å². The topological polar surface area (TPSA) is 174 Å². The van der Waals surface area contributed by atoms with Crippen LogP contribution in [0.5, 0.6) is 0 Å². The van der Waals surface area contributed by atoms with Crippen molar-refractivity contribution in [1.29, 1.82) is 0 Å². The minimum absolute atomic E-state index is 0.0317. The minimum atomic E-state index is -1.44. The van der Waals surface area contributed by atoms with Crippen molar-refractivity contribution < 1.29 is 38.6 Å². The van der Waals surface area contributed by atoms with E-state index in [0.29, 0.717) is 25.9 Å². The predicted molar refractivity (Wildman–Crippen MR) is 209 cm³/mol. The number of amides is 5. The average Bonchev–Trinajstić information content (AvgIpc) is 3.63. The van der Waals surface area contributed by atoms with Gasteiger partial charge in [-0.25, -0.2) is 4.79 Å². The van der Waals surface area contributed by atoms with Crippen molar-refractivity contribution in [2.75, 3.05) is 13.1 Å². The number of nitrogens with one attached hydrogen (secondary N) is 3. The van der Waals surface area contributed by atoms with Crippen molar-refractivity contribution in [2.24, 2.45) is 5.92 Å². The van der Waals surface area contributed by atoms with Crippen LogP contribution >= 0.6 is 0 Å². The third-order valence-corrected chi connectivity index (χ3v) is 10.4. The van der Waals surface area contributed by atoms with Gasteiger partial charge in [-0.05, 0) is 47.9 Å². The Morgan fingerprint density at radius 1 is 0.839 bits per heavy atom. The lowest BCUT2D eigenvalue weighted by atomic mass is 10.0. The standard InChI is InChI=1S/C43H53N5O8/c1-5-14-34(38(50)41(53)44-28(4)30-17-10-7-11-18-30)45-39(51)35-24-33(56-43(55)47-22-21-31-19-12-13-20-32(31)25-47)26-48(35)42(54)37(27(2)3)46-40(52)36(49)23-29-15-8-6-9-16-29/h6-13,15-20,27-28,33-37,49H,5,14,21-26H2,1-4H3,(H,44,53)(H,45,51)(H,46,52)/t28-,33+,34?,35-,36-,37-/m0/s1. The van der Waals surface area contributed by atoms with E-state index < -0.39 is 77.8 Å². The molecule has 13 nitrogen and oxygen atoms in total. The molecular formula is C43H53N5O8. The summed E-state index contributed by atoms with van der Waals surface area (Å²) in [4.78, 5) is 84.7. The Morgan fingerprint density at radius 2 is 1.48 bits per heavy atom. The first-order valence-electron chi connectivity index (χ1n) is 19.4. The van der Waals surface area contributed by atoms with Crippen molar-refractivity contribution >= 4 is 35.5 Å². The highest BCUT2D eigenvalue weighted by molar-refractivity contribution is 6.38. The molecule has 1 saturated heterocycles. The lowest BCUT2D eigenvalue weighted by Crippen LogP contribution is -2.58. The zero-order valence-corrected chi connectivity index (χ0v) is 32.5. The number of ketones is 1. The summed E-state index contributed by atoms with van der Waals surface area (Å²) < 4.78 is 5.93. The van der Waals surface area contributed by atoms with E-state index in [4.69, 9.17) is 4.74 Å². The molecule has 0 aromatic heterocycles. The van der Waals surface area contributed by atoms with E-state index in [1.807, 2.05) is 67.6 Å². The van der Waals surface area contributed by atoms with E-state index in [1.54, 1.807) is 49.9 Å². The summed E-state index contributed by atoms with van der Waals surface area (Å²) in [5.41, 5.74) is 3.70. The monoisotopic (exact) mass is 767 g/mol. The van der Waals surface area contributed by atoms with Gasteiger partial charge in [0.1, 0.15) is 24.3 Å². The maximum absolute atomic E-state index is 14.4. The van der Waals surface area contributed by atoms with Crippen molar-refractivity contribution in [3.05, 3.63) is 107 Å². The Hall–Kier alpha value is -5.56. The normalized spacial score (nSPS) is 18.5. The van der Waals surface area contributed by atoms with Gasteiger partial charge >= 0.3 is 6.09 Å². The fourth-order valence-electron chi connectivity index (χ4n) is 7.19. The van der Waals surface area contributed by atoms with Crippen LogP contribution in [0.25, 0.3) is 0 Å². The third kappa shape index (κ3) is 10.6. The highest BCUT2D eigenvalue weighted by atomic mass is 16.6. The molecule has 5 rings (SSSR count). The van der Waals surface area contributed by atoms with Gasteiger partial charge in [0.15, 0.2) is 0 Å². The van der Waals surface area contributed by atoms with E-state index in [-0.39, 0.29) is 25.8 Å². The van der Waals surface area contributed by atoms with E-state index in [1.165, 1.54) is 4.90 Å². The molecule has 298 valence electrons. The van der Waals surface area contributed by atoms with Crippen LogP contribution in [0, 0.1) is 5.92 Å². The van der Waals surface area contributed by atoms with Crippen LogP contribution in [-0.2, 0) is 48.1 Å². The first-order valence-corrected chi connectivity index (χ1v) is 19.4. The summed E-state index contributed by atoms with van der Waals surface area (Å²) in [6.45, 7) is 7.67. The number of aliphatic hydroxyl groups excluding tert-OH is 1. The number of hydrogen-bond donors (Lipinski definition) is 4. The smallest absolute Gasteiger partial charge is 0.410 e. The summed E-state index contributed by atoms with van der Waals surface area (Å²) in [6.07, 6.45) is -1.67. The third-order valence-electron chi connectivity index (χ3n) is 10.4. The van der Waals surface area contributed by atoms with E-state index >= 15 is 0 Å². The maximum Gasteiger partial charge on any atom is 0.410 e. The lowest BCUT2D eigenvalue weighted by molar-refractivity contribution is -0.145. The molecule has 2 heterocycles. The fourth-order valence-corrected chi connectivity index (χ4v) is 7.19. The largest absolute Gasteiger partial charge is 0.444 e. The molecular weight excluding hydrogens is 714 g/mol. The second-order valence-electron chi connectivity index (χ2n) is 14.9. The van der Waals surface area contributed by atoms with Gasteiger partial charge in [0.2, 0.25) is 23.5 Å². The van der Waals surface area contributed by atoms with Crippen molar-refractivity contribution in [2.45, 2.75) is 103 Å². The summed E-state index contributed by atoms with van der Waals surface area (Å²) in [5.74, 6) is -4.20. The van der Waals surface area contributed by atoms with Gasteiger partial charge in [0.25, 0.3) is 5.91 Å². The number of nitrogens with zero attached hydrogens (tertiary/aromatic N) is 2. The Kier molecular flexibility index (Phi) is 14.4. The highest BCUT2D eigenvalue weighted by Crippen LogP contribution is 2.26. The van der Waals surface area contributed by atoms with Gasteiger partial charge in [-0.15, -0.1) is 0 Å². The molecule has 56 heavy (non-hydrogen) atoms. The first kappa shape index (κ1) is 41.6. The van der Waals surface area contributed by atoms with Gasteiger partial charge in [-0.1, -0.05) is 112 Å². The number of fused-ring (bicyclic) bond motifs is 1. The summed E-state index contributed by atoms with van der Waals surface area (Å²) >= 11 is 0. The Balaban J connectivity index is 1.33. The number of likely N-dealkylation sites (tertiary alicyclic amines) is 1. The Bertz CT molecular complexity index is 1850. The number of carbonyl (C=O) groups excluding carboxylic acids is 6. The second-order valence-corrected chi connectivity index (χ2v) is 14.9. The first-order chi connectivity index (χ1) is 26.9. The van der Waals surface area contributed by atoms with Gasteiger partial charge in [0.05, 0.1) is 18.6 Å². The van der Waals surface area contributed by atoms with Crippen LogP contribution in [-0.4, -0.2) is 93.8 Å². The Labute approximate surface area is 328 Å². The quantitative estimate of drug-likeness (QED) is 0.170. The van der Waals surface area contributed by atoms with Crippen LogP contribution < -0.4 is 16.0 Å². The SMILES string of the molecule is CCCC(NC(=O)[C@@H]1C[C@@H](OC(=O)N2CCc3ccccc3C2)CN1C(=O)[C@@H](NC(=O)[C@@H](O)Cc1ccccc1)C(C)C)C(=O)C(=O)N[C@@H](C)c1ccccc1. The van der Waals surface area contributed by atoms with Crippen LogP contribution in [0.15, 0.2) is 84.9 Å². The van der Waals surface area contributed by atoms with Crippen LogP contribution in [0.4, 0.5) is 4.79 Å². The van der Waals surface area contributed by atoms with E-state index in [2.05, 4.69) is 16.0 Å². The Morgan fingerprint density at radius 3 is 2.14 bits per heavy atom. The van der Waals surface area contributed by atoms with E-state index in [9.17, 15) is 33.9 Å². The van der Waals surface area contributed by atoms with Gasteiger partial charge in [-0.2, -0.15) is 0 Å². The molecule has 3 aromatic rings. The van der Waals surface area contributed by atoms with E-state index in [0.717, 1.165) is 22.3 Å². The second kappa shape index (κ2) is 19.3. The molecule has 0 spiro atoms. The molecule has 2 aliphatic heterocycles. The zero-order valence-electron chi connectivity index (χ0n) is 32.5. The summed E-state index contributed by atoms with van der Waals surface area (Å²) in [6, 6.07) is 22.0. The molecule has 5 amide bonds. The average molecular weight is 768 g/mol. The highest BCUT2D eigenvalue weighted by Gasteiger charge is 2.45. The number of Topliss-reactive ketones (excluding diaryl/α,β-unsaturated/α-hetero) is 1. The fraction of sp³-hybridized carbons (Fsp3) is 0.442. The zero-order chi connectivity index (χ0) is 40.4. The molecule has 13 heteroatoms. The molecule has 1 fully saturated rings. The molecule has 0 bridgehead atoms. The molecule has 0 radical (unpaired) electrons. The molecule has 4 N–H and O–H groups in total. The minimum Gasteiger partial charge on any atom is -0.444 e. The number of ether oxygens (including phenoxy) is 1. The van der Waals surface area contributed by atoms with Crippen molar-refractivity contribution in [3.8, 4) is 0 Å². The van der Waals surface area contributed by atoms with Crippen molar-refractivity contribution in [3.63, 3.8) is 0 Å².